The maximum Gasteiger partial charge on any atom is 0.270 e. The summed E-state index contributed by atoms with van der Waals surface area (Å²) >= 11 is 1.42. The molecule has 4 N–H and O–H groups in total. The Kier molecular flexibility index (Phi) is 3.31. The van der Waals surface area contributed by atoms with Crippen molar-refractivity contribution in [1.82, 2.24) is 20.5 Å². The van der Waals surface area contributed by atoms with E-state index in [2.05, 4.69) is 20.5 Å². The lowest BCUT2D eigenvalue weighted by Gasteiger charge is -2.22. The van der Waals surface area contributed by atoms with Crippen LogP contribution in [0.25, 0.3) is 0 Å². The largest absolute Gasteiger partial charge is 0.348 e. The first-order chi connectivity index (χ1) is 9.26. The molecule has 2 aromatic rings. The zero-order chi connectivity index (χ0) is 13.2. The van der Waals surface area contributed by atoms with Crippen LogP contribution in [0.5, 0.6) is 0 Å². The van der Waals surface area contributed by atoms with E-state index in [0.717, 1.165) is 24.3 Å². The molecule has 3 rings (SSSR count). The summed E-state index contributed by atoms with van der Waals surface area (Å²) in [5.41, 5.74) is 8.33. The summed E-state index contributed by atoms with van der Waals surface area (Å²) in [6.07, 6.45) is 4.51. The van der Waals surface area contributed by atoms with Crippen LogP contribution >= 0.6 is 11.3 Å². The smallest absolute Gasteiger partial charge is 0.270 e. The zero-order valence-electron chi connectivity index (χ0n) is 10.3. The molecule has 1 atom stereocenters. The van der Waals surface area contributed by atoms with Crippen molar-refractivity contribution in [2.75, 3.05) is 0 Å². The maximum atomic E-state index is 12.1. The van der Waals surface area contributed by atoms with Gasteiger partial charge in [0.1, 0.15) is 10.7 Å². The van der Waals surface area contributed by atoms with Crippen molar-refractivity contribution in [2.24, 2.45) is 5.73 Å². The van der Waals surface area contributed by atoms with E-state index < -0.39 is 0 Å². The molecule has 19 heavy (non-hydrogen) atoms. The third-order valence-corrected chi connectivity index (χ3v) is 4.18. The second-order valence-electron chi connectivity index (χ2n) is 4.62. The Labute approximate surface area is 114 Å². The van der Waals surface area contributed by atoms with Gasteiger partial charge in [0, 0.05) is 23.7 Å². The van der Waals surface area contributed by atoms with Crippen molar-refractivity contribution >= 4 is 17.2 Å². The fraction of sp³-hybridized carbons (Fsp3) is 0.417. The van der Waals surface area contributed by atoms with E-state index >= 15 is 0 Å². The van der Waals surface area contributed by atoms with Gasteiger partial charge in [-0.3, -0.25) is 9.89 Å². The number of thiazole rings is 1. The Balaban J connectivity index is 1.64. The van der Waals surface area contributed by atoms with Crippen molar-refractivity contribution in [3.05, 3.63) is 33.5 Å². The molecule has 0 saturated carbocycles. The topological polar surface area (TPSA) is 96.7 Å². The van der Waals surface area contributed by atoms with E-state index in [1.807, 2.05) is 6.20 Å². The highest BCUT2D eigenvalue weighted by molar-refractivity contribution is 7.09. The summed E-state index contributed by atoms with van der Waals surface area (Å²) in [5.74, 6) is -0.118. The molecular weight excluding hydrogens is 262 g/mol. The van der Waals surface area contributed by atoms with Crippen LogP contribution in [0.15, 0.2) is 11.6 Å². The number of aromatic nitrogens is 3. The Morgan fingerprint density at radius 1 is 1.63 bits per heavy atom. The fourth-order valence-corrected chi connectivity index (χ4v) is 2.96. The molecule has 1 aliphatic rings. The van der Waals surface area contributed by atoms with Gasteiger partial charge in [0.2, 0.25) is 0 Å². The second-order valence-corrected chi connectivity index (χ2v) is 5.56. The number of nitrogens with zero attached hydrogens (tertiary/aromatic N) is 2. The van der Waals surface area contributed by atoms with Crippen LogP contribution in [0.1, 0.15) is 33.2 Å². The van der Waals surface area contributed by atoms with E-state index in [0.29, 0.717) is 12.2 Å². The first kappa shape index (κ1) is 12.3. The minimum atomic E-state index is -0.118. The number of nitrogens with one attached hydrogen (secondary N) is 2. The van der Waals surface area contributed by atoms with Gasteiger partial charge >= 0.3 is 0 Å². The SMILES string of the molecule is NCc1nc(C(=O)N[C@@H]2CCc3[nH]ncc3C2)cs1. The number of rotatable bonds is 3. The van der Waals surface area contributed by atoms with Gasteiger partial charge in [0.15, 0.2) is 0 Å². The summed E-state index contributed by atoms with van der Waals surface area (Å²) in [6.45, 7) is 0.375. The monoisotopic (exact) mass is 277 g/mol. The van der Waals surface area contributed by atoms with Gasteiger partial charge in [-0.2, -0.15) is 5.10 Å². The summed E-state index contributed by atoms with van der Waals surface area (Å²) in [6, 6.07) is 0.153. The molecule has 1 amide bonds. The number of carbonyl (C=O) groups is 1. The molecule has 6 nitrogen and oxygen atoms in total. The highest BCUT2D eigenvalue weighted by atomic mass is 32.1. The van der Waals surface area contributed by atoms with Crippen LogP contribution in [0.3, 0.4) is 0 Å². The van der Waals surface area contributed by atoms with Crippen molar-refractivity contribution in [2.45, 2.75) is 31.8 Å². The Hall–Kier alpha value is -1.73. The standard InChI is InChI=1S/C12H15N5OS/c13-4-11-16-10(6-19-11)12(18)15-8-1-2-9-7(3-8)5-14-17-9/h5-6,8H,1-4,13H2,(H,14,17)(H,15,18)/t8-/m1/s1. The molecule has 0 unspecified atom stereocenters. The summed E-state index contributed by atoms with van der Waals surface area (Å²) < 4.78 is 0. The number of nitrogens with two attached hydrogens (primary N) is 1. The average Bonchev–Trinajstić information content (AvgIpc) is 3.06. The van der Waals surface area contributed by atoms with E-state index in [-0.39, 0.29) is 11.9 Å². The first-order valence-electron chi connectivity index (χ1n) is 6.22. The van der Waals surface area contributed by atoms with Gasteiger partial charge in [-0.15, -0.1) is 11.3 Å². The lowest BCUT2D eigenvalue weighted by atomic mass is 9.93. The van der Waals surface area contributed by atoms with Crippen LogP contribution in [0.2, 0.25) is 0 Å². The van der Waals surface area contributed by atoms with Gasteiger partial charge < -0.3 is 11.1 Å². The minimum Gasteiger partial charge on any atom is -0.348 e. The molecule has 0 spiro atoms. The predicted octanol–water partition coefficient (Wildman–Crippen LogP) is 0.612. The van der Waals surface area contributed by atoms with Crippen molar-refractivity contribution in [3.8, 4) is 0 Å². The normalized spacial score (nSPS) is 18.1. The summed E-state index contributed by atoms with van der Waals surface area (Å²) in [7, 11) is 0. The molecule has 0 aromatic carbocycles. The van der Waals surface area contributed by atoms with E-state index in [9.17, 15) is 4.79 Å². The number of hydrogen-bond acceptors (Lipinski definition) is 5. The molecule has 100 valence electrons. The van der Waals surface area contributed by atoms with Crippen LogP contribution in [0.4, 0.5) is 0 Å². The van der Waals surface area contributed by atoms with Gasteiger partial charge in [-0.25, -0.2) is 4.98 Å². The van der Waals surface area contributed by atoms with Crippen molar-refractivity contribution in [1.29, 1.82) is 0 Å². The summed E-state index contributed by atoms with van der Waals surface area (Å²) in [4.78, 5) is 16.3. The molecule has 1 aliphatic carbocycles. The quantitative estimate of drug-likeness (QED) is 0.766. The average molecular weight is 277 g/mol. The molecule has 0 bridgehead atoms. The molecule has 0 radical (unpaired) electrons. The molecule has 0 aliphatic heterocycles. The number of H-pyrrole nitrogens is 1. The van der Waals surface area contributed by atoms with Gasteiger partial charge in [-0.05, 0) is 24.8 Å². The molecular formula is C12H15N5OS. The third-order valence-electron chi connectivity index (χ3n) is 3.31. The van der Waals surface area contributed by atoms with E-state index in [1.54, 1.807) is 5.38 Å². The second kappa shape index (κ2) is 5.10. The molecule has 0 saturated heterocycles. The molecule has 2 heterocycles. The maximum absolute atomic E-state index is 12.1. The van der Waals surface area contributed by atoms with Crippen LogP contribution < -0.4 is 11.1 Å². The number of carbonyl (C=O) groups excluding carboxylic acids is 1. The Morgan fingerprint density at radius 2 is 2.53 bits per heavy atom. The number of amides is 1. The summed E-state index contributed by atoms with van der Waals surface area (Å²) in [5, 5.41) is 12.6. The van der Waals surface area contributed by atoms with Crippen molar-refractivity contribution < 1.29 is 4.79 Å². The lowest BCUT2D eigenvalue weighted by molar-refractivity contribution is 0.0929. The highest BCUT2D eigenvalue weighted by Crippen LogP contribution is 2.19. The zero-order valence-corrected chi connectivity index (χ0v) is 11.2. The number of hydrogen-bond donors (Lipinski definition) is 3. The highest BCUT2D eigenvalue weighted by Gasteiger charge is 2.22. The predicted molar refractivity (Wildman–Crippen MR) is 71.9 cm³/mol. The third kappa shape index (κ3) is 2.52. The first-order valence-corrected chi connectivity index (χ1v) is 7.10. The van der Waals surface area contributed by atoms with Crippen molar-refractivity contribution in [3.63, 3.8) is 0 Å². The number of aromatic amines is 1. The number of fused-ring (bicyclic) bond motifs is 1. The van der Waals surface area contributed by atoms with Crippen LogP contribution in [-0.2, 0) is 19.4 Å². The molecule has 7 heteroatoms. The lowest BCUT2D eigenvalue weighted by Crippen LogP contribution is -2.38. The van der Waals surface area contributed by atoms with E-state index in [4.69, 9.17) is 5.73 Å². The minimum absolute atomic E-state index is 0.118. The van der Waals surface area contributed by atoms with Gasteiger partial charge in [0.25, 0.3) is 5.91 Å². The van der Waals surface area contributed by atoms with Crippen LogP contribution in [0, 0.1) is 0 Å². The van der Waals surface area contributed by atoms with E-state index in [1.165, 1.54) is 22.6 Å². The Bertz CT molecular complexity index is 590. The number of aryl methyl sites for hydroxylation is 1. The molecule has 0 fully saturated rings. The van der Waals surface area contributed by atoms with Gasteiger partial charge in [-0.1, -0.05) is 0 Å². The molecule has 2 aromatic heterocycles. The Morgan fingerprint density at radius 3 is 3.32 bits per heavy atom. The van der Waals surface area contributed by atoms with Crippen LogP contribution in [-0.4, -0.2) is 27.1 Å². The van der Waals surface area contributed by atoms with Gasteiger partial charge in [0.05, 0.1) is 6.20 Å². The fourth-order valence-electron chi connectivity index (χ4n) is 2.31.